The van der Waals surface area contributed by atoms with Gasteiger partial charge in [-0.1, -0.05) is 11.6 Å². The number of halogens is 1. The molecule has 0 saturated heterocycles. The van der Waals surface area contributed by atoms with Crippen LogP contribution < -0.4 is 10.5 Å². The second kappa shape index (κ2) is 4.14. The molecule has 2 aromatic rings. The van der Waals surface area contributed by atoms with Crippen LogP contribution >= 0.6 is 11.6 Å². The van der Waals surface area contributed by atoms with Crippen molar-refractivity contribution in [3.63, 3.8) is 0 Å². The van der Waals surface area contributed by atoms with Gasteiger partial charge in [0.2, 0.25) is 0 Å². The zero-order valence-electron chi connectivity index (χ0n) is 7.72. The summed E-state index contributed by atoms with van der Waals surface area (Å²) in [7, 11) is 0. The van der Waals surface area contributed by atoms with E-state index in [1.807, 2.05) is 0 Å². The highest BCUT2D eigenvalue weighted by Crippen LogP contribution is 2.26. The zero-order chi connectivity index (χ0) is 10.7. The van der Waals surface area contributed by atoms with Gasteiger partial charge in [-0.05, 0) is 12.1 Å². The van der Waals surface area contributed by atoms with Gasteiger partial charge in [0.1, 0.15) is 12.1 Å². The highest BCUT2D eigenvalue weighted by Gasteiger charge is 2.00. The molecule has 1 aromatic heterocycles. The van der Waals surface area contributed by atoms with Gasteiger partial charge in [0.25, 0.3) is 0 Å². The molecule has 0 atom stereocenters. The summed E-state index contributed by atoms with van der Waals surface area (Å²) in [6, 6.07) is 5.00. The Morgan fingerprint density at radius 3 is 2.47 bits per heavy atom. The van der Waals surface area contributed by atoms with E-state index in [-0.39, 0.29) is 0 Å². The summed E-state index contributed by atoms with van der Waals surface area (Å²) in [5.41, 5.74) is 6.17. The molecular weight excluding hydrogens is 214 g/mol. The number of hydrogen-bond acceptors (Lipinski definition) is 4. The van der Waals surface area contributed by atoms with E-state index in [0.29, 0.717) is 22.2 Å². The molecule has 0 aliphatic heterocycles. The fourth-order valence-electron chi connectivity index (χ4n) is 1.12. The summed E-state index contributed by atoms with van der Waals surface area (Å²) < 4.78 is 5.45. The van der Waals surface area contributed by atoms with Gasteiger partial charge >= 0.3 is 0 Å². The van der Waals surface area contributed by atoms with E-state index in [1.165, 1.54) is 6.33 Å². The van der Waals surface area contributed by atoms with Gasteiger partial charge in [-0.2, -0.15) is 0 Å². The van der Waals surface area contributed by atoms with Crippen LogP contribution in [0.1, 0.15) is 0 Å². The van der Waals surface area contributed by atoms with E-state index in [9.17, 15) is 0 Å². The molecule has 15 heavy (non-hydrogen) atoms. The lowest BCUT2D eigenvalue weighted by molar-refractivity contribution is 0.478. The van der Waals surface area contributed by atoms with Crippen LogP contribution in [-0.4, -0.2) is 9.97 Å². The fraction of sp³-hybridized carbons (Fsp3) is 0. The maximum Gasteiger partial charge on any atom is 0.163 e. The van der Waals surface area contributed by atoms with Crippen LogP contribution in [0.3, 0.4) is 0 Å². The molecule has 76 valence electrons. The molecule has 4 nitrogen and oxygen atoms in total. The molecule has 0 bridgehead atoms. The lowest BCUT2D eigenvalue weighted by Crippen LogP contribution is -1.89. The number of rotatable bonds is 2. The van der Waals surface area contributed by atoms with Crippen LogP contribution in [0.4, 0.5) is 5.69 Å². The van der Waals surface area contributed by atoms with Gasteiger partial charge in [0.05, 0.1) is 12.4 Å². The third kappa shape index (κ3) is 2.57. The predicted octanol–water partition coefficient (Wildman–Crippen LogP) is 2.50. The van der Waals surface area contributed by atoms with Crippen LogP contribution in [0.15, 0.2) is 36.9 Å². The third-order valence-electron chi connectivity index (χ3n) is 1.67. The van der Waals surface area contributed by atoms with Crippen molar-refractivity contribution in [2.24, 2.45) is 0 Å². The SMILES string of the molecule is Nc1cc(Cl)cc(Oc2cncnc2)c1. The summed E-state index contributed by atoms with van der Waals surface area (Å²) in [5, 5.41) is 0.529. The lowest BCUT2D eigenvalue weighted by Gasteiger charge is -2.05. The third-order valence-corrected chi connectivity index (χ3v) is 1.88. The minimum absolute atomic E-state index is 0.529. The summed E-state index contributed by atoms with van der Waals surface area (Å²) in [4.78, 5) is 7.65. The second-order valence-electron chi connectivity index (χ2n) is 2.90. The normalized spacial score (nSPS) is 9.93. The zero-order valence-corrected chi connectivity index (χ0v) is 8.48. The van der Waals surface area contributed by atoms with Crippen LogP contribution in [0, 0.1) is 0 Å². The van der Waals surface area contributed by atoms with Gasteiger partial charge in [-0.15, -0.1) is 0 Å². The van der Waals surface area contributed by atoms with E-state index in [2.05, 4.69) is 9.97 Å². The molecule has 0 unspecified atom stereocenters. The maximum atomic E-state index is 5.83. The van der Waals surface area contributed by atoms with Gasteiger partial charge in [-0.25, -0.2) is 9.97 Å². The number of benzene rings is 1. The van der Waals surface area contributed by atoms with Crippen molar-refractivity contribution in [1.29, 1.82) is 0 Å². The quantitative estimate of drug-likeness (QED) is 0.792. The van der Waals surface area contributed by atoms with Crippen molar-refractivity contribution >= 4 is 17.3 Å². The van der Waals surface area contributed by atoms with Crippen LogP contribution in [-0.2, 0) is 0 Å². The van der Waals surface area contributed by atoms with Crippen molar-refractivity contribution in [3.05, 3.63) is 41.9 Å². The van der Waals surface area contributed by atoms with Crippen LogP contribution in [0.5, 0.6) is 11.5 Å². The van der Waals surface area contributed by atoms with Gasteiger partial charge < -0.3 is 10.5 Å². The first kappa shape index (κ1) is 9.73. The van der Waals surface area contributed by atoms with E-state index in [0.717, 1.165) is 0 Å². The summed E-state index contributed by atoms with van der Waals surface area (Å²) in [6.07, 6.45) is 4.55. The number of anilines is 1. The summed E-state index contributed by atoms with van der Waals surface area (Å²) >= 11 is 5.83. The van der Waals surface area contributed by atoms with Crippen molar-refractivity contribution in [2.75, 3.05) is 5.73 Å². The molecule has 0 aliphatic carbocycles. The Morgan fingerprint density at radius 2 is 1.80 bits per heavy atom. The molecule has 2 rings (SSSR count). The van der Waals surface area contributed by atoms with Crippen LogP contribution in [0.25, 0.3) is 0 Å². The van der Waals surface area contributed by atoms with Crippen LogP contribution in [0.2, 0.25) is 5.02 Å². The monoisotopic (exact) mass is 221 g/mol. The van der Waals surface area contributed by atoms with E-state index >= 15 is 0 Å². The first-order valence-corrected chi connectivity index (χ1v) is 4.61. The minimum atomic E-state index is 0.529. The number of hydrogen-bond donors (Lipinski definition) is 1. The average Bonchev–Trinajstić information content (AvgIpc) is 2.17. The van der Waals surface area contributed by atoms with Crippen molar-refractivity contribution in [2.45, 2.75) is 0 Å². The fourth-order valence-corrected chi connectivity index (χ4v) is 1.35. The van der Waals surface area contributed by atoms with Crippen molar-refractivity contribution < 1.29 is 4.74 Å². The predicted molar refractivity (Wildman–Crippen MR) is 58.0 cm³/mol. The van der Waals surface area contributed by atoms with Crippen molar-refractivity contribution in [1.82, 2.24) is 9.97 Å². The molecule has 0 saturated carbocycles. The van der Waals surface area contributed by atoms with E-state index in [1.54, 1.807) is 30.6 Å². The molecule has 0 radical (unpaired) electrons. The lowest BCUT2D eigenvalue weighted by atomic mass is 10.3. The first-order chi connectivity index (χ1) is 7.24. The molecule has 2 N–H and O–H groups in total. The number of aromatic nitrogens is 2. The minimum Gasteiger partial charge on any atom is -0.454 e. The maximum absolute atomic E-state index is 5.83. The topological polar surface area (TPSA) is 61.0 Å². The Bertz CT molecular complexity index is 441. The van der Waals surface area contributed by atoms with E-state index in [4.69, 9.17) is 22.1 Å². The number of nitrogens with two attached hydrogens (primary N) is 1. The van der Waals surface area contributed by atoms with Crippen molar-refractivity contribution in [3.8, 4) is 11.5 Å². The molecular formula is C10H8ClN3O. The molecule has 0 amide bonds. The van der Waals surface area contributed by atoms with E-state index < -0.39 is 0 Å². The summed E-state index contributed by atoms with van der Waals surface area (Å²) in [6.45, 7) is 0. The standard InChI is InChI=1S/C10H8ClN3O/c11-7-1-8(12)3-9(2-7)15-10-4-13-6-14-5-10/h1-6H,12H2. The summed E-state index contributed by atoms with van der Waals surface area (Å²) in [5.74, 6) is 1.11. The largest absolute Gasteiger partial charge is 0.454 e. The smallest absolute Gasteiger partial charge is 0.163 e. The molecule has 0 aliphatic rings. The molecule has 1 aromatic carbocycles. The van der Waals surface area contributed by atoms with Gasteiger partial charge in [0, 0.05) is 16.8 Å². The number of nitrogens with zero attached hydrogens (tertiary/aromatic N) is 2. The Kier molecular flexibility index (Phi) is 2.69. The number of nitrogen functional groups attached to an aromatic ring is 1. The Labute approximate surface area is 91.7 Å². The molecule has 0 spiro atoms. The highest BCUT2D eigenvalue weighted by molar-refractivity contribution is 6.31. The van der Waals surface area contributed by atoms with Gasteiger partial charge in [0.15, 0.2) is 5.75 Å². The Balaban J connectivity index is 2.25. The molecule has 1 heterocycles. The Morgan fingerprint density at radius 1 is 1.07 bits per heavy atom. The molecule has 5 heteroatoms. The average molecular weight is 222 g/mol. The second-order valence-corrected chi connectivity index (χ2v) is 3.33. The Hall–Kier alpha value is -1.81. The highest BCUT2D eigenvalue weighted by atomic mass is 35.5. The number of ether oxygens (including phenoxy) is 1. The first-order valence-electron chi connectivity index (χ1n) is 4.23. The molecule has 0 fully saturated rings. The van der Waals surface area contributed by atoms with Gasteiger partial charge in [-0.3, -0.25) is 0 Å².